The summed E-state index contributed by atoms with van der Waals surface area (Å²) in [5, 5.41) is 3.63. The molecule has 0 saturated heterocycles. The van der Waals surface area contributed by atoms with Gasteiger partial charge in [-0.05, 0) is 12.2 Å². The number of hydrogen-bond donors (Lipinski definition) is 1. The number of aromatic amines is 1. The van der Waals surface area contributed by atoms with E-state index < -0.39 is 0 Å². The smallest absolute Gasteiger partial charge is 0.251 e. The highest BCUT2D eigenvalue weighted by Gasteiger charge is 1.99. The zero-order valence-corrected chi connectivity index (χ0v) is 7.82. The van der Waals surface area contributed by atoms with Crippen LogP contribution >= 0.6 is 12.2 Å². The minimum Gasteiger partial charge on any atom is -0.343 e. The third-order valence-electron chi connectivity index (χ3n) is 1.62. The number of nitrogens with one attached hydrogen (secondary N) is 1. The van der Waals surface area contributed by atoms with Crippen LogP contribution in [0.2, 0.25) is 0 Å². The van der Waals surface area contributed by atoms with Crippen molar-refractivity contribution in [2.75, 3.05) is 0 Å². The van der Waals surface area contributed by atoms with E-state index in [-0.39, 0.29) is 5.56 Å². The lowest BCUT2D eigenvalue weighted by atomic mass is 10.5. The molecule has 0 aliphatic carbocycles. The highest BCUT2D eigenvalue weighted by Crippen LogP contribution is 1.94. The fourth-order valence-electron chi connectivity index (χ4n) is 0.983. The molecule has 14 heavy (non-hydrogen) atoms. The summed E-state index contributed by atoms with van der Waals surface area (Å²) in [7, 11) is 0. The Hall–Kier alpha value is -1.76. The fourth-order valence-corrected chi connectivity index (χ4v) is 1.21. The van der Waals surface area contributed by atoms with E-state index in [4.69, 9.17) is 12.2 Å². The van der Waals surface area contributed by atoms with Crippen LogP contribution in [-0.4, -0.2) is 19.7 Å². The van der Waals surface area contributed by atoms with Crippen LogP contribution in [0, 0.1) is 4.77 Å². The van der Waals surface area contributed by atoms with E-state index in [0.29, 0.717) is 17.1 Å². The van der Waals surface area contributed by atoms with Crippen LogP contribution in [0.15, 0.2) is 28.0 Å². The molecule has 2 heterocycles. The van der Waals surface area contributed by atoms with Gasteiger partial charge in [-0.25, -0.2) is 0 Å². The summed E-state index contributed by atoms with van der Waals surface area (Å²) < 4.78 is 6.55. The lowest BCUT2D eigenvalue weighted by Crippen LogP contribution is -2.12. The van der Waals surface area contributed by atoms with E-state index in [1.54, 1.807) is 10.8 Å². The predicted molar refractivity (Wildman–Crippen MR) is 49.3 cm³/mol. The van der Waals surface area contributed by atoms with E-state index in [1.165, 1.54) is 12.5 Å². The summed E-state index contributed by atoms with van der Waals surface area (Å²) in [6.07, 6.45) is 2.82. The maximum absolute atomic E-state index is 10.9. The van der Waals surface area contributed by atoms with Gasteiger partial charge in [-0.3, -0.25) is 9.78 Å². The Morgan fingerprint density at radius 1 is 1.64 bits per heavy atom. The fraction of sp³-hybridized carbons (Fsp3) is 0.143. The first-order chi connectivity index (χ1) is 6.75. The second-order valence-corrected chi connectivity index (χ2v) is 2.97. The van der Waals surface area contributed by atoms with Gasteiger partial charge in [-0.15, -0.1) is 0 Å². The van der Waals surface area contributed by atoms with Gasteiger partial charge < -0.3 is 9.09 Å². The van der Waals surface area contributed by atoms with Gasteiger partial charge >= 0.3 is 0 Å². The Balaban J connectivity index is 2.35. The van der Waals surface area contributed by atoms with Crippen molar-refractivity contribution >= 4 is 12.2 Å². The van der Waals surface area contributed by atoms with Crippen molar-refractivity contribution in [2.24, 2.45) is 0 Å². The molecule has 0 unspecified atom stereocenters. The molecule has 72 valence electrons. The van der Waals surface area contributed by atoms with E-state index in [2.05, 4.69) is 19.6 Å². The third kappa shape index (κ3) is 1.77. The van der Waals surface area contributed by atoms with E-state index >= 15 is 0 Å². The molecular formula is C7H6N4O2S. The van der Waals surface area contributed by atoms with Gasteiger partial charge in [0.25, 0.3) is 5.56 Å². The average molecular weight is 210 g/mol. The highest BCUT2D eigenvalue weighted by molar-refractivity contribution is 7.71. The molecule has 2 rings (SSSR count). The average Bonchev–Trinajstić information content (AvgIpc) is 2.62. The molecule has 0 radical (unpaired) electrons. The second kappa shape index (κ2) is 3.54. The first-order valence-corrected chi connectivity index (χ1v) is 4.21. The molecule has 0 saturated carbocycles. The first kappa shape index (κ1) is 8.82. The largest absolute Gasteiger partial charge is 0.343 e. The predicted octanol–water partition coefficient (Wildman–Crippen LogP) is 0.337. The Morgan fingerprint density at radius 3 is 3.14 bits per heavy atom. The molecule has 0 amide bonds. The van der Waals surface area contributed by atoms with Crippen molar-refractivity contribution in [2.45, 2.75) is 6.54 Å². The quantitative estimate of drug-likeness (QED) is 0.723. The minimum absolute atomic E-state index is 0.223. The summed E-state index contributed by atoms with van der Waals surface area (Å²) in [5.74, 6) is 0.508. The molecule has 0 fully saturated rings. The zero-order chi connectivity index (χ0) is 9.97. The van der Waals surface area contributed by atoms with Crippen LogP contribution in [0.25, 0.3) is 0 Å². The van der Waals surface area contributed by atoms with Crippen molar-refractivity contribution < 1.29 is 4.52 Å². The number of hydrogen-bond acceptors (Lipinski definition) is 5. The molecule has 0 aromatic carbocycles. The van der Waals surface area contributed by atoms with Crippen LogP contribution in [0.5, 0.6) is 0 Å². The van der Waals surface area contributed by atoms with E-state index in [1.807, 2.05) is 0 Å². The molecule has 0 aliphatic rings. The van der Waals surface area contributed by atoms with Crippen LogP contribution in [0.1, 0.15) is 5.82 Å². The molecule has 1 N–H and O–H groups in total. The zero-order valence-electron chi connectivity index (χ0n) is 7.01. The highest BCUT2D eigenvalue weighted by atomic mass is 32.1. The molecule has 0 atom stereocenters. The second-order valence-electron chi connectivity index (χ2n) is 2.59. The maximum Gasteiger partial charge on any atom is 0.251 e. The minimum atomic E-state index is -0.223. The van der Waals surface area contributed by atoms with Crippen molar-refractivity contribution in [3.05, 3.63) is 39.6 Å². The molecule has 6 nitrogen and oxygen atoms in total. The Bertz CT molecular complexity index is 527. The number of H-pyrrole nitrogens is 1. The standard InChI is InChI=1S/C7H6N4O2S/c12-6-1-2-11(7(14)9-6)3-5-8-4-13-10-5/h1-2,4H,3H2,(H,9,12,14). The summed E-state index contributed by atoms with van der Waals surface area (Å²) >= 11 is 4.93. The number of rotatable bonds is 2. The van der Waals surface area contributed by atoms with Gasteiger partial charge in [0, 0.05) is 12.3 Å². The lowest BCUT2D eigenvalue weighted by molar-refractivity contribution is 0.408. The van der Waals surface area contributed by atoms with Crippen molar-refractivity contribution in [3.8, 4) is 0 Å². The van der Waals surface area contributed by atoms with E-state index in [0.717, 1.165) is 0 Å². The topological polar surface area (TPSA) is 76.7 Å². The van der Waals surface area contributed by atoms with Gasteiger partial charge in [0.1, 0.15) is 0 Å². The van der Waals surface area contributed by atoms with Crippen molar-refractivity contribution in [3.63, 3.8) is 0 Å². The van der Waals surface area contributed by atoms with Gasteiger partial charge in [-0.2, -0.15) is 4.98 Å². The van der Waals surface area contributed by atoms with Crippen molar-refractivity contribution in [1.82, 2.24) is 19.7 Å². The van der Waals surface area contributed by atoms with Crippen molar-refractivity contribution in [1.29, 1.82) is 0 Å². The first-order valence-electron chi connectivity index (χ1n) is 3.81. The van der Waals surface area contributed by atoms with Crippen LogP contribution in [0.3, 0.4) is 0 Å². The van der Waals surface area contributed by atoms with Gasteiger partial charge in [0.15, 0.2) is 10.6 Å². The summed E-state index contributed by atoms with van der Waals surface area (Å²) in [5.41, 5.74) is -0.223. The molecule has 0 spiro atoms. The monoisotopic (exact) mass is 210 g/mol. The Kier molecular flexibility index (Phi) is 2.23. The molecule has 0 aliphatic heterocycles. The maximum atomic E-state index is 10.9. The third-order valence-corrected chi connectivity index (χ3v) is 1.95. The van der Waals surface area contributed by atoms with Crippen LogP contribution in [0.4, 0.5) is 0 Å². The lowest BCUT2D eigenvalue weighted by Gasteiger charge is -2.00. The summed E-state index contributed by atoms with van der Waals surface area (Å²) in [4.78, 5) is 17.2. The van der Waals surface area contributed by atoms with Crippen LogP contribution in [-0.2, 0) is 6.54 Å². The molecule has 2 aromatic rings. The Labute approximate surface area is 83.2 Å². The summed E-state index contributed by atoms with van der Waals surface area (Å²) in [6, 6.07) is 1.38. The molecule has 0 bridgehead atoms. The van der Waals surface area contributed by atoms with Crippen LogP contribution < -0.4 is 5.56 Å². The Morgan fingerprint density at radius 2 is 2.50 bits per heavy atom. The number of aromatic nitrogens is 4. The van der Waals surface area contributed by atoms with Gasteiger partial charge in [-0.1, -0.05) is 5.16 Å². The normalized spacial score (nSPS) is 10.3. The summed E-state index contributed by atoms with van der Waals surface area (Å²) in [6.45, 7) is 0.381. The van der Waals surface area contributed by atoms with Gasteiger partial charge in [0.2, 0.25) is 6.39 Å². The number of nitrogens with zero attached hydrogens (tertiary/aromatic N) is 3. The molecule has 2 aromatic heterocycles. The van der Waals surface area contributed by atoms with E-state index in [9.17, 15) is 4.79 Å². The SMILES string of the molecule is O=c1ccn(Cc2ncon2)c(=S)[nH]1. The molecular weight excluding hydrogens is 204 g/mol. The van der Waals surface area contributed by atoms with Gasteiger partial charge in [0.05, 0.1) is 6.54 Å². The molecule has 7 heteroatoms.